The Morgan fingerprint density at radius 2 is 2.17 bits per heavy atom. The van der Waals surface area contributed by atoms with Gasteiger partial charge < -0.3 is 10.5 Å². The van der Waals surface area contributed by atoms with Gasteiger partial charge in [0.05, 0.1) is 0 Å². The van der Waals surface area contributed by atoms with E-state index in [-0.39, 0.29) is 6.04 Å². The van der Waals surface area contributed by atoms with Crippen LogP contribution in [-0.4, -0.2) is 24.5 Å². The van der Waals surface area contributed by atoms with Crippen molar-refractivity contribution in [3.63, 3.8) is 0 Å². The smallest absolute Gasteiger partial charge is 0.0476 e. The van der Waals surface area contributed by atoms with Crippen LogP contribution in [-0.2, 0) is 11.2 Å². The number of benzene rings is 1. The van der Waals surface area contributed by atoms with Gasteiger partial charge in [0.25, 0.3) is 0 Å². The maximum Gasteiger partial charge on any atom is 0.0476 e. The molecule has 2 nitrogen and oxygen atoms in total. The van der Waals surface area contributed by atoms with Crippen LogP contribution in [0.5, 0.6) is 0 Å². The minimum absolute atomic E-state index is 0.214. The fraction of sp³-hybridized carbons (Fsp3) is 0.571. The molecule has 0 bridgehead atoms. The summed E-state index contributed by atoms with van der Waals surface area (Å²) >= 11 is 5.63. The van der Waals surface area contributed by atoms with Gasteiger partial charge in [-0.25, -0.2) is 0 Å². The molecule has 1 heterocycles. The molecule has 0 saturated carbocycles. The van der Waals surface area contributed by atoms with E-state index in [1.54, 1.807) is 0 Å². The van der Waals surface area contributed by atoms with E-state index >= 15 is 0 Å². The van der Waals surface area contributed by atoms with E-state index in [9.17, 15) is 0 Å². The summed E-state index contributed by atoms with van der Waals surface area (Å²) in [4.78, 5) is 1.33. The predicted octanol–water partition coefficient (Wildman–Crippen LogP) is 3.61. The first-order valence-corrected chi connectivity index (χ1v) is 8.11. The zero-order valence-electron chi connectivity index (χ0n) is 10.7. The number of thioether (sulfide) groups is 1. The molecule has 2 N–H and O–H groups in total. The van der Waals surface area contributed by atoms with Crippen molar-refractivity contribution in [1.29, 1.82) is 0 Å². The Labute approximate surface area is 122 Å². The Bertz CT molecular complexity index is 391. The van der Waals surface area contributed by atoms with E-state index in [2.05, 4.69) is 34.1 Å². The molecule has 1 aromatic carbocycles. The van der Waals surface area contributed by atoms with Crippen LogP contribution in [0.1, 0.15) is 25.3 Å². The fourth-order valence-corrected chi connectivity index (χ4v) is 3.92. The maximum atomic E-state index is 5.83. The predicted molar refractivity (Wildman–Crippen MR) is 81.2 cm³/mol. The number of rotatable bonds is 4. The molecule has 1 saturated heterocycles. The highest BCUT2D eigenvalue weighted by molar-refractivity contribution is 9.10. The SMILES string of the molecule is CC(N)Cc1ccc(SC2CCOCC2)c(Br)c1. The molecular formula is C14H20BrNOS. The molecule has 1 aliphatic heterocycles. The van der Waals surface area contributed by atoms with Gasteiger partial charge in [-0.3, -0.25) is 0 Å². The summed E-state index contributed by atoms with van der Waals surface area (Å²) in [5.74, 6) is 0. The molecule has 2 rings (SSSR count). The number of hydrogen-bond donors (Lipinski definition) is 1. The van der Waals surface area contributed by atoms with E-state index in [0.29, 0.717) is 5.25 Å². The van der Waals surface area contributed by atoms with Crippen molar-refractivity contribution in [2.24, 2.45) is 5.73 Å². The lowest BCUT2D eigenvalue weighted by Crippen LogP contribution is -2.18. The quantitative estimate of drug-likeness (QED) is 0.916. The van der Waals surface area contributed by atoms with Gasteiger partial charge in [-0.15, -0.1) is 11.8 Å². The highest BCUT2D eigenvalue weighted by atomic mass is 79.9. The lowest BCUT2D eigenvalue weighted by Gasteiger charge is -2.22. The first kappa shape index (κ1) is 14.4. The summed E-state index contributed by atoms with van der Waals surface area (Å²) in [6.45, 7) is 3.84. The van der Waals surface area contributed by atoms with Gasteiger partial charge in [-0.05, 0) is 59.8 Å². The van der Waals surface area contributed by atoms with Gasteiger partial charge in [0.1, 0.15) is 0 Å². The van der Waals surface area contributed by atoms with Crippen molar-refractivity contribution >= 4 is 27.7 Å². The van der Waals surface area contributed by atoms with Crippen molar-refractivity contribution in [1.82, 2.24) is 0 Å². The fourth-order valence-electron chi connectivity index (χ4n) is 2.11. The zero-order chi connectivity index (χ0) is 13.0. The van der Waals surface area contributed by atoms with Crippen molar-refractivity contribution in [3.05, 3.63) is 28.2 Å². The Kier molecular flexibility index (Phi) is 5.55. The molecule has 1 unspecified atom stereocenters. The third-order valence-electron chi connectivity index (χ3n) is 3.02. The minimum Gasteiger partial charge on any atom is -0.381 e. The Balaban J connectivity index is 2.00. The van der Waals surface area contributed by atoms with Crippen LogP contribution >= 0.6 is 27.7 Å². The second-order valence-corrected chi connectivity index (χ2v) is 7.07. The van der Waals surface area contributed by atoms with Crippen LogP contribution < -0.4 is 5.73 Å². The topological polar surface area (TPSA) is 35.2 Å². The highest BCUT2D eigenvalue weighted by Gasteiger charge is 2.16. The Hall–Kier alpha value is -0.0300. The average molecular weight is 330 g/mol. The van der Waals surface area contributed by atoms with E-state index in [4.69, 9.17) is 10.5 Å². The monoisotopic (exact) mass is 329 g/mol. The molecule has 0 spiro atoms. The Morgan fingerprint density at radius 3 is 2.78 bits per heavy atom. The first-order chi connectivity index (χ1) is 8.65. The third-order valence-corrected chi connectivity index (χ3v) is 5.35. The standard InChI is InChI=1S/C14H20BrNOS/c1-10(16)8-11-2-3-14(13(15)9-11)18-12-4-6-17-7-5-12/h2-3,9-10,12H,4-8,16H2,1H3. The van der Waals surface area contributed by atoms with Crippen LogP contribution in [0, 0.1) is 0 Å². The van der Waals surface area contributed by atoms with Crippen LogP contribution in [0.25, 0.3) is 0 Å². The van der Waals surface area contributed by atoms with E-state index in [0.717, 1.165) is 32.5 Å². The maximum absolute atomic E-state index is 5.83. The van der Waals surface area contributed by atoms with Gasteiger partial charge in [-0.2, -0.15) is 0 Å². The zero-order valence-corrected chi connectivity index (χ0v) is 13.1. The van der Waals surface area contributed by atoms with Gasteiger partial charge in [-0.1, -0.05) is 6.07 Å². The van der Waals surface area contributed by atoms with Gasteiger partial charge in [0, 0.05) is 33.9 Å². The molecule has 1 aliphatic rings. The molecule has 1 fully saturated rings. The first-order valence-electron chi connectivity index (χ1n) is 6.43. The number of halogens is 1. The summed E-state index contributed by atoms with van der Waals surface area (Å²) < 4.78 is 6.58. The normalized spacial score (nSPS) is 18.8. The number of nitrogens with two attached hydrogens (primary N) is 1. The number of ether oxygens (including phenoxy) is 1. The summed E-state index contributed by atoms with van der Waals surface area (Å²) in [6, 6.07) is 6.81. The molecular weight excluding hydrogens is 310 g/mol. The summed E-state index contributed by atoms with van der Waals surface area (Å²) in [5, 5.41) is 0.689. The van der Waals surface area contributed by atoms with Gasteiger partial charge in [0.2, 0.25) is 0 Å². The van der Waals surface area contributed by atoms with Crippen molar-refractivity contribution < 1.29 is 4.74 Å². The van der Waals surface area contributed by atoms with E-state index < -0.39 is 0 Å². The van der Waals surface area contributed by atoms with Crippen LogP contribution in [0.15, 0.2) is 27.6 Å². The molecule has 1 aromatic rings. The van der Waals surface area contributed by atoms with E-state index in [1.807, 2.05) is 18.7 Å². The molecule has 0 aliphatic carbocycles. The van der Waals surface area contributed by atoms with E-state index in [1.165, 1.54) is 14.9 Å². The lowest BCUT2D eigenvalue weighted by atomic mass is 10.1. The second-order valence-electron chi connectivity index (χ2n) is 4.88. The highest BCUT2D eigenvalue weighted by Crippen LogP contribution is 2.35. The van der Waals surface area contributed by atoms with Crippen LogP contribution in [0.2, 0.25) is 0 Å². The summed E-state index contributed by atoms with van der Waals surface area (Å²) in [6.07, 6.45) is 3.23. The van der Waals surface area contributed by atoms with Crippen molar-refractivity contribution in [2.45, 2.75) is 42.4 Å². The molecule has 4 heteroatoms. The molecule has 100 valence electrons. The lowest BCUT2D eigenvalue weighted by molar-refractivity contribution is 0.100. The Morgan fingerprint density at radius 1 is 1.44 bits per heavy atom. The van der Waals surface area contributed by atoms with Crippen molar-refractivity contribution in [2.75, 3.05) is 13.2 Å². The molecule has 0 amide bonds. The number of hydrogen-bond acceptors (Lipinski definition) is 3. The largest absolute Gasteiger partial charge is 0.381 e. The molecule has 1 atom stereocenters. The average Bonchev–Trinajstić information content (AvgIpc) is 2.33. The summed E-state index contributed by atoms with van der Waals surface area (Å²) in [7, 11) is 0. The third kappa shape index (κ3) is 4.26. The summed E-state index contributed by atoms with van der Waals surface area (Å²) in [5.41, 5.74) is 7.13. The molecule has 18 heavy (non-hydrogen) atoms. The van der Waals surface area contributed by atoms with Crippen LogP contribution in [0.4, 0.5) is 0 Å². The molecule has 0 aromatic heterocycles. The van der Waals surface area contributed by atoms with Gasteiger partial charge in [0.15, 0.2) is 0 Å². The van der Waals surface area contributed by atoms with Crippen molar-refractivity contribution in [3.8, 4) is 0 Å². The minimum atomic E-state index is 0.214. The van der Waals surface area contributed by atoms with Crippen LogP contribution in [0.3, 0.4) is 0 Å². The van der Waals surface area contributed by atoms with Gasteiger partial charge >= 0.3 is 0 Å². The molecule has 0 radical (unpaired) electrons. The second kappa shape index (κ2) is 6.94.